The van der Waals surface area contributed by atoms with E-state index in [1.54, 1.807) is 7.11 Å². The number of carbonyl (C=O) groups is 1. The summed E-state index contributed by atoms with van der Waals surface area (Å²) >= 11 is 0. The molecule has 2 aliphatic heterocycles. The van der Waals surface area contributed by atoms with Crippen molar-refractivity contribution >= 4 is 17.7 Å². The lowest BCUT2D eigenvalue weighted by Gasteiger charge is -2.31. The van der Waals surface area contributed by atoms with Crippen molar-refractivity contribution in [3.8, 4) is 5.75 Å². The van der Waals surface area contributed by atoms with Crippen LogP contribution in [-0.4, -0.2) is 30.6 Å². The molecule has 4 nitrogen and oxygen atoms in total. The Hall–Kier alpha value is -1.97. The third kappa shape index (κ3) is 1.87. The number of hydrogen-bond donors (Lipinski definition) is 1. The average Bonchev–Trinajstić information content (AvgIpc) is 2.88. The van der Waals surface area contributed by atoms with Gasteiger partial charge in [-0.2, -0.15) is 0 Å². The first-order chi connectivity index (χ1) is 9.65. The van der Waals surface area contributed by atoms with Gasteiger partial charge >= 0.3 is 0 Å². The van der Waals surface area contributed by atoms with Crippen LogP contribution in [0.5, 0.6) is 5.75 Å². The molecule has 0 radical (unpaired) electrons. The van der Waals surface area contributed by atoms with E-state index in [1.165, 1.54) is 16.7 Å². The lowest BCUT2D eigenvalue weighted by molar-refractivity contribution is -0.130. The highest BCUT2D eigenvalue weighted by Crippen LogP contribution is 2.40. The summed E-state index contributed by atoms with van der Waals surface area (Å²) in [6.07, 6.45) is 3.70. The summed E-state index contributed by atoms with van der Waals surface area (Å²) in [5.41, 5.74) is 4.69. The molecule has 0 aromatic heterocycles. The van der Waals surface area contributed by atoms with Gasteiger partial charge in [0, 0.05) is 18.5 Å². The van der Waals surface area contributed by atoms with Crippen LogP contribution in [0.15, 0.2) is 17.7 Å². The first-order valence-corrected chi connectivity index (χ1v) is 7.09. The highest BCUT2D eigenvalue weighted by molar-refractivity contribution is 5.84. The zero-order chi connectivity index (χ0) is 14.3. The molecule has 1 unspecified atom stereocenters. The second kappa shape index (κ2) is 4.85. The summed E-state index contributed by atoms with van der Waals surface area (Å²) < 4.78 is 5.44. The highest BCUT2D eigenvalue weighted by atomic mass is 16.5. The number of benzene rings is 1. The Morgan fingerprint density at radius 2 is 2.30 bits per heavy atom. The smallest absolute Gasteiger partial charge is 0.224 e. The number of fused-ring (bicyclic) bond motifs is 2. The summed E-state index contributed by atoms with van der Waals surface area (Å²) in [6, 6.07) is 4.04. The van der Waals surface area contributed by atoms with Gasteiger partial charge in [0.2, 0.25) is 5.91 Å². The molecular formula is C16H20N2O2. The fourth-order valence-corrected chi connectivity index (χ4v) is 3.04. The Kier molecular flexibility index (Phi) is 3.16. The van der Waals surface area contributed by atoms with E-state index in [-0.39, 0.29) is 12.1 Å². The predicted molar refractivity (Wildman–Crippen MR) is 79.7 cm³/mol. The molecule has 2 aliphatic rings. The first-order valence-electron chi connectivity index (χ1n) is 7.09. The molecule has 20 heavy (non-hydrogen) atoms. The SMILES string of the molecule is CCC(=O)N1CCC2=Cc3c(C)ccc(OC)c3NC21. The number of anilines is 1. The monoisotopic (exact) mass is 272 g/mol. The summed E-state index contributed by atoms with van der Waals surface area (Å²) in [6.45, 7) is 4.80. The zero-order valence-electron chi connectivity index (χ0n) is 12.2. The number of rotatable bonds is 2. The van der Waals surface area contributed by atoms with Gasteiger partial charge in [-0.3, -0.25) is 4.79 Å². The topological polar surface area (TPSA) is 41.6 Å². The Morgan fingerprint density at radius 1 is 1.50 bits per heavy atom. The van der Waals surface area contributed by atoms with E-state index in [4.69, 9.17) is 4.74 Å². The molecule has 1 saturated heterocycles. The molecule has 0 bridgehead atoms. The van der Waals surface area contributed by atoms with Gasteiger partial charge in [0.1, 0.15) is 11.9 Å². The van der Waals surface area contributed by atoms with E-state index in [1.807, 2.05) is 17.9 Å². The van der Waals surface area contributed by atoms with Crippen molar-refractivity contribution in [3.05, 3.63) is 28.8 Å². The first kappa shape index (κ1) is 13.0. The fraction of sp³-hybridized carbons (Fsp3) is 0.438. The van der Waals surface area contributed by atoms with Crippen molar-refractivity contribution in [1.82, 2.24) is 4.90 Å². The van der Waals surface area contributed by atoms with Crippen LogP contribution in [0.2, 0.25) is 0 Å². The lowest BCUT2D eigenvalue weighted by atomic mass is 9.97. The molecule has 1 aromatic carbocycles. The number of methoxy groups -OCH3 is 1. The maximum Gasteiger partial charge on any atom is 0.224 e. The maximum atomic E-state index is 12.0. The average molecular weight is 272 g/mol. The van der Waals surface area contributed by atoms with Crippen molar-refractivity contribution in [2.75, 3.05) is 19.0 Å². The van der Waals surface area contributed by atoms with E-state index >= 15 is 0 Å². The number of hydrogen-bond acceptors (Lipinski definition) is 3. The predicted octanol–water partition coefficient (Wildman–Crippen LogP) is 2.78. The molecule has 3 rings (SSSR count). The molecule has 0 aliphatic carbocycles. The van der Waals surface area contributed by atoms with Gasteiger partial charge in [0.05, 0.1) is 12.8 Å². The minimum absolute atomic E-state index is 0.00866. The molecule has 1 atom stereocenters. The second-order valence-electron chi connectivity index (χ2n) is 5.33. The fourth-order valence-electron chi connectivity index (χ4n) is 3.04. The van der Waals surface area contributed by atoms with Crippen LogP contribution in [-0.2, 0) is 4.79 Å². The van der Waals surface area contributed by atoms with Crippen LogP contribution < -0.4 is 10.1 Å². The van der Waals surface area contributed by atoms with Crippen molar-refractivity contribution in [3.63, 3.8) is 0 Å². The Labute approximate surface area is 119 Å². The number of nitrogens with one attached hydrogen (secondary N) is 1. The van der Waals surface area contributed by atoms with E-state index in [2.05, 4.69) is 24.4 Å². The second-order valence-corrected chi connectivity index (χ2v) is 5.33. The van der Waals surface area contributed by atoms with Crippen molar-refractivity contribution in [1.29, 1.82) is 0 Å². The minimum Gasteiger partial charge on any atom is -0.495 e. The van der Waals surface area contributed by atoms with E-state index in [0.717, 1.165) is 24.4 Å². The van der Waals surface area contributed by atoms with Gasteiger partial charge in [-0.1, -0.05) is 13.0 Å². The zero-order valence-corrected chi connectivity index (χ0v) is 12.2. The quantitative estimate of drug-likeness (QED) is 0.900. The van der Waals surface area contributed by atoms with E-state index in [0.29, 0.717) is 6.42 Å². The van der Waals surface area contributed by atoms with Crippen LogP contribution in [0, 0.1) is 6.92 Å². The lowest BCUT2D eigenvalue weighted by Crippen LogP contribution is -2.41. The molecule has 1 aromatic rings. The highest BCUT2D eigenvalue weighted by Gasteiger charge is 2.35. The third-order valence-corrected chi connectivity index (χ3v) is 4.18. The number of ether oxygens (including phenoxy) is 1. The van der Waals surface area contributed by atoms with Gasteiger partial charge in [-0.05, 0) is 36.6 Å². The van der Waals surface area contributed by atoms with Crippen LogP contribution in [0.3, 0.4) is 0 Å². The van der Waals surface area contributed by atoms with Crippen molar-refractivity contribution in [2.24, 2.45) is 0 Å². The van der Waals surface area contributed by atoms with Crippen molar-refractivity contribution in [2.45, 2.75) is 32.9 Å². The minimum atomic E-state index is -0.00866. The summed E-state index contributed by atoms with van der Waals surface area (Å²) in [5.74, 6) is 1.03. The number of amides is 1. The summed E-state index contributed by atoms with van der Waals surface area (Å²) in [5, 5.41) is 3.50. The van der Waals surface area contributed by atoms with Crippen molar-refractivity contribution < 1.29 is 9.53 Å². The molecular weight excluding hydrogens is 252 g/mol. The van der Waals surface area contributed by atoms with Crippen LogP contribution >= 0.6 is 0 Å². The molecule has 4 heteroatoms. The van der Waals surface area contributed by atoms with E-state index < -0.39 is 0 Å². The molecule has 0 saturated carbocycles. The molecule has 0 spiro atoms. The molecule has 1 amide bonds. The Balaban J connectivity index is 2.03. The number of nitrogens with zero attached hydrogens (tertiary/aromatic N) is 1. The maximum absolute atomic E-state index is 12.0. The van der Waals surface area contributed by atoms with Gasteiger partial charge < -0.3 is 15.0 Å². The van der Waals surface area contributed by atoms with Gasteiger partial charge in [0.25, 0.3) is 0 Å². The molecule has 1 N–H and O–H groups in total. The standard InChI is InChI=1S/C16H20N2O2/c1-4-14(19)18-8-7-11-9-12-10(2)5-6-13(20-3)15(12)17-16(11)18/h5-6,9,16-17H,4,7-8H2,1-3H3. The molecule has 2 heterocycles. The molecule has 106 valence electrons. The Morgan fingerprint density at radius 3 is 3.00 bits per heavy atom. The largest absolute Gasteiger partial charge is 0.495 e. The normalized spacial score (nSPS) is 19.9. The number of carbonyl (C=O) groups excluding carboxylic acids is 1. The summed E-state index contributed by atoms with van der Waals surface area (Å²) in [4.78, 5) is 14.0. The van der Waals surface area contributed by atoms with Crippen LogP contribution in [0.1, 0.15) is 30.9 Å². The Bertz CT molecular complexity index is 592. The molecule has 1 fully saturated rings. The number of likely N-dealkylation sites (tertiary alicyclic amines) is 1. The van der Waals surface area contributed by atoms with Gasteiger partial charge in [-0.15, -0.1) is 0 Å². The third-order valence-electron chi connectivity index (χ3n) is 4.18. The van der Waals surface area contributed by atoms with Crippen LogP contribution in [0.25, 0.3) is 6.08 Å². The van der Waals surface area contributed by atoms with Crippen LogP contribution in [0.4, 0.5) is 5.69 Å². The number of aryl methyl sites for hydroxylation is 1. The van der Waals surface area contributed by atoms with E-state index in [9.17, 15) is 4.79 Å². The van der Waals surface area contributed by atoms with Gasteiger partial charge in [-0.25, -0.2) is 0 Å². The summed E-state index contributed by atoms with van der Waals surface area (Å²) in [7, 11) is 1.68. The van der Waals surface area contributed by atoms with Gasteiger partial charge in [0.15, 0.2) is 0 Å².